The van der Waals surface area contributed by atoms with Gasteiger partial charge in [-0.05, 0) is 54.5 Å². The van der Waals surface area contributed by atoms with Gasteiger partial charge in [-0.3, -0.25) is 14.4 Å². The predicted molar refractivity (Wildman–Crippen MR) is 155 cm³/mol. The number of nitrogens with zero attached hydrogens (tertiary/aromatic N) is 2. The fourth-order valence-corrected chi connectivity index (χ4v) is 4.69. The summed E-state index contributed by atoms with van der Waals surface area (Å²) in [7, 11) is 0. The van der Waals surface area contributed by atoms with Crippen LogP contribution in [0.3, 0.4) is 0 Å². The second-order valence-corrected chi connectivity index (χ2v) is 9.66. The molecule has 1 fully saturated rings. The van der Waals surface area contributed by atoms with Crippen LogP contribution < -0.4 is 16.0 Å². The first-order valence-electron chi connectivity index (χ1n) is 12.7. The molecule has 3 N–H and O–H groups in total. The average molecular weight is 556 g/mol. The van der Waals surface area contributed by atoms with Gasteiger partial charge in [0.2, 0.25) is 11.8 Å². The number of amides is 5. The van der Waals surface area contributed by atoms with Crippen molar-refractivity contribution in [3.8, 4) is 0 Å². The number of aromatic nitrogens is 1. The Labute approximate surface area is 235 Å². The van der Waals surface area contributed by atoms with E-state index in [2.05, 4.69) is 16.0 Å². The number of benzene rings is 3. The quantitative estimate of drug-likeness (QED) is 0.209. The summed E-state index contributed by atoms with van der Waals surface area (Å²) < 4.78 is 1.77. The Morgan fingerprint density at radius 3 is 2.38 bits per heavy atom. The maximum absolute atomic E-state index is 13.1. The van der Waals surface area contributed by atoms with E-state index in [9.17, 15) is 19.2 Å². The van der Waals surface area contributed by atoms with Crippen LogP contribution in [0.2, 0.25) is 5.02 Å². The molecule has 1 aliphatic heterocycles. The van der Waals surface area contributed by atoms with E-state index in [1.54, 1.807) is 53.2 Å². The van der Waals surface area contributed by atoms with E-state index < -0.39 is 24.4 Å². The molecule has 40 heavy (non-hydrogen) atoms. The summed E-state index contributed by atoms with van der Waals surface area (Å²) >= 11 is 5.92. The summed E-state index contributed by atoms with van der Waals surface area (Å²) in [6, 6.07) is 20.9. The highest BCUT2D eigenvalue weighted by Crippen LogP contribution is 2.25. The molecule has 0 aliphatic carbocycles. The number of para-hydroxylation sites is 2. The van der Waals surface area contributed by atoms with E-state index in [4.69, 9.17) is 11.6 Å². The maximum atomic E-state index is 13.1. The minimum Gasteiger partial charge on any atom is -0.337 e. The number of hydrogen-bond acceptors (Lipinski definition) is 4. The molecule has 1 aliphatic rings. The molecule has 4 aromatic rings. The number of imide groups is 1. The molecule has 0 bridgehead atoms. The van der Waals surface area contributed by atoms with Gasteiger partial charge in [-0.1, -0.05) is 54.9 Å². The van der Waals surface area contributed by atoms with E-state index in [-0.39, 0.29) is 18.1 Å². The Bertz CT molecular complexity index is 1660. The standard InChI is InChI=1S/C30H26ClN5O4/c1-2-19-7-3-5-9-24(19)33-28(38)18-36-29(39)25(34-30(36)40)15-20-16-35(26-10-6-4-8-23(20)26)17-27(37)32-22-13-11-21(31)12-14-22/h3-16H,2,17-18H2,1H3,(H,32,37)(H,33,38)(H,34,40)/b25-15+. The zero-order valence-electron chi connectivity index (χ0n) is 21.6. The van der Waals surface area contributed by atoms with Crippen LogP contribution in [-0.4, -0.2) is 39.8 Å². The molecule has 0 radical (unpaired) electrons. The molecule has 9 nitrogen and oxygen atoms in total. The summed E-state index contributed by atoms with van der Waals surface area (Å²) in [4.78, 5) is 52.0. The molecule has 1 saturated heterocycles. The largest absolute Gasteiger partial charge is 0.337 e. The average Bonchev–Trinajstić information content (AvgIpc) is 3.41. The smallest absolute Gasteiger partial charge is 0.329 e. The highest BCUT2D eigenvalue weighted by Gasteiger charge is 2.35. The second-order valence-electron chi connectivity index (χ2n) is 9.22. The van der Waals surface area contributed by atoms with Crippen molar-refractivity contribution in [2.75, 3.05) is 17.2 Å². The van der Waals surface area contributed by atoms with Gasteiger partial charge < -0.3 is 20.5 Å². The third-order valence-corrected chi connectivity index (χ3v) is 6.75. The topological polar surface area (TPSA) is 113 Å². The van der Waals surface area contributed by atoms with Gasteiger partial charge >= 0.3 is 6.03 Å². The van der Waals surface area contributed by atoms with E-state index in [1.165, 1.54) is 0 Å². The van der Waals surface area contributed by atoms with Gasteiger partial charge in [0.15, 0.2) is 0 Å². The molecule has 2 heterocycles. The van der Waals surface area contributed by atoms with Gasteiger partial charge in [0.05, 0.1) is 0 Å². The number of hydrogen-bond donors (Lipinski definition) is 3. The third kappa shape index (κ3) is 5.74. The van der Waals surface area contributed by atoms with Crippen LogP contribution in [-0.2, 0) is 27.3 Å². The molecule has 0 unspecified atom stereocenters. The van der Waals surface area contributed by atoms with Crippen LogP contribution in [0.1, 0.15) is 18.1 Å². The lowest BCUT2D eigenvalue weighted by Crippen LogP contribution is -2.38. The molecule has 5 rings (SSSR count). The van der Waals surface area contributed by atoms with E-state index >= 15 is 0 Å². The molecule has 202 valence electrons. The van der Waals surface area contributed by atoms with Crippen molar-refractivity contribution >= 4 is 63.7 Å². The Morgan fingerprint density at radius 1 is 0.900 bits per heavy atom. The number of carbonyl (C=O) groups is 4. The molecule has 5 amide bonds. The minimum absolute atomic E-state index is 0.0259. The first-order chi connectivity index (χ1) is 19.3. The monoisotopic (exact) mass is 555 g/mol. The molecular formula is C30H26ClN5O4. The number of aryl methyl sites for hydroxylation is 1. The van der Waals surface area contributed by atoms with Crippen LogP contribution >= 0.6 is 11.6 Å². The minimum atomic E-state index is -0.679. The van der Waals surface area contributed by atoms with Crippen LogP contribution in [0, 0.1) is 0 Å². The van der Waals surface area contributed by atoms with Gasteiger partial charge in [0, 0.05) is 39.1 Å². The van der Waals surface area contributed by atoms with Crippen LogP contribution in [0.4, 0.5) is 16.2 Å². The molecule has 3 aromatic carbocycles. The van der Waals surface area contributed by atoms with Gasteiger partial charge in [-0.15, -0.1) is 0 Å². The van der Waals surface area contributed by atoms with E-state index in [0.717, 1.165) is 27.8 Å². The number of rotatable bonds is 8. The fourth-order valence-electron chi connectivity index (χ4n) is 4.56. The Kier molecular flexibility index (Phi) is 7.65. The highest BCUT2D eigenvalue weighted by molar-refractivity contribution is 6.30. The predicted octanol–water partition coefficient (Wildman–Crippen LogP) is 5.03. The maximum Gasteiger partial charge on any atom is 0.329 e. The van der Waals surface area contributed by atoms with E-state index in [1.807, 2.05) is 43.3 Å². The first-order valence-corrected chi connectivity index (χ1v) is 13.1. The summed E-state index contributed by atoms with van der Waals surface area (Å²) in [5.74, 6) is -1.33. The van der Waals surface area contributed by atoms with Crippen molar-refractivity contribution in [1.82, 2.24) is 14.8 Å². The van der Waals surface area contributed by atoms with Crippen LogP contribution in [0.25, 0.3) is 17.0 Å². The lowest BCUT2D eigenvalue weighted by Gasteiger charge is -2.13. The normalized spacial score (nSPS) is 14.1. The summed E-state index contributed by atoms with van der Waals surface area (Å²) in [5, 5.41) is 9.55. The lowest BCUT2D eigenvalue weighted by molar-refractivity contribution is -0.127. The number of carbonyl (C=O) groups excluding carboxylic acids is 4. The van der Waals surface area contributed by atoms with Gasteiger partial charge in [-0.2, -0.15) is 0 Å². The van der Waals surface area contributed by atoms with Crippen molar-refractivity contribution in [1.29, 1.82) is 0 Å². The van der Waals surface area contributed by atoms with E-state index in [0.29, 0.717) is 22.0 Å². The first kappa shape index (κ1) is 26.7. The molecule has 0 atom stereocenters. The Hall–Kier alpha value is -4.89. The number of urea groups is 1. The third-order valence-electron chi connectivity index (χ3n) is 6.50. The SMILES string of the molecule is CCc1ccccc1NC(=O)CN1C(=O)N/C(=C/c2cn(CC(=O)Nc3ccc(Cl)cc3)c3ccccc23)C1=O. The summed E-state index contributed by atoms with van der Waals surface area (Å²) in [6.07, 6.45) is 4.03. The van der Waals surface area contributed by atoms with Crippen LogP contribution in [0.5, 0.6) is 0 Å². The number of fused-ring (bicyclic) bond motifs is 1. The van der Waals surface area contributed by atoms with Gasteiger partial charge in [0.25, 0.3) is 5.91 Å². The number of nitrogens with one attached hydrogen (secondary N) is 3. The Balaban J connectivity index is 1.33. The van der Waals surface area contributed by atoms with Crippen LogP contribution in [0.15, 0.2) is 84.7 Å². The Morgan fingerprint density at radius 2 is 1.60 bits per heavy atom. The fraction of sp³-hybridized carbons (Fsp3) is 0.133. The molecule has 1 aromatic heterocycles. The lowest BCUT2D eigenvalue weighted by atomic mass is 10.1. The summed E-state index contributed by atoms with van der Waals surface area (Å²) in [5.41, 5.74) is 3.68. The zero-order chi connectivity index (χ0) is 28.2. The van der Waals surface area contributed by atoms with Crippen molar-refractivity contribution in [3.05, 3.63) is 101 Å². The second kappa shape index (κ2) is 11.5. The van der Waals surface area contributed by atoms with Crippen molar-refractivity contribution in [2.24, 2.45) is 0 Å². The highest BCUT2D eigenvalue weighted by atomic mass is 35.5. The van der Waals surface area contributed by atoms with Crippen molar-refractivity contribution in [2.45, 2.75) is 19.9 Å². The summed E-state index contributed by atoms with van der Waals surface area (Å²) in [6.45, 7) is 1.58. The van der Waals surface area contributed by atoms with Gasteiger partial charge in [-0.25, -0.2) is 9.69 Å². The number of halogens is 1. The molecule has 0 spiro atoms. The molecular weight excluding hydrogens is 530 g/mol. The number of anilines is 2. The zero-order valence-corrected chi connectivity index (χ0v) is 22.4. The molecule has 0 saturated carbocycles. The van der Waals surface area contributed by atoms with Gasteiger partial charge in [0.1, 0.15) is 18.8 Å². The van der Waals surface area contributed by atoms with Crippen molar-refractivity contribution in [3.63, 3.8) is 0 Å². The molecule has 10 heteroatoms. The van der Waals surface area contributed by atoms with Crippen molar-refractivity contribution < 1.29 is 19.2 Å².